The molecule has 2 aliphatic carbocycles. The lowest BCUT2D eigenvalue weighted by Crippen LogP contribution is -2.44. The molecule has 104 valence electrons. The molecule has 0 aromatic rings. The summed E-state index contributed by atoms with van der Waals surface area (Å²) in [7, 11) is 0. The molecule has 19 heavy (non-hydrogen) atoms. The minimum atomic E-state index is -0.110. The maximum atomic E-state index is 12.7. The van der Waals surface area contributed by atoms with Crippen LogP contribution in [0.25, 0.3) is 0 Å². The summed E-state index contributed by atoms with van der Waals surface area (Å²) in [4.78, 5) is 28.9. The van der Waals surface area contributed by atoms with E-state index >= 15 is 0 Å². The summed E-state index contributed by atoms with van der Waals surface area (Å²) in [6, 6.07) is 0.492. The Labute approximate surface area is 114 Å². The first-order valence-corrected chi connectivity index (χ1v) is 7.93. The van der Waals surface area contributed by atoms with Crippen LogP contribution in [0.4, 0.5) is 4.79 Å². The second kappa shape index (κ2) is 4.22. The van der Waals surface area contributed by atoms with Gasteiger partial charge in [0.15, 0.2) is 0 Å². The highest BCUT2D eigenvalue weighted by atomic mass is 16.2. The summed E-state index contributed by atoms with van der Waals surface area (Å²) in [5.41, 5.74) is 0. The summed E-state index contributed by atoms with van der Waals surface area (Å²) < 4.78 is 0. The van der Waals surface area contributed by atoms with Gasteiger partial charge >= 0.3 is 6.03 Å². The molecule has 4 heteroatoms. The van der Waals surface area contributed by atoms with E-state index in [0.29, 0.717) is 12.0 Å². The second-order valence-electron chi connectivity index (χ2n) is 6.70. The van der Waals surface area contributed by atoms with Crippen molar-refractivity contribution in [2.24, 2.45) is 5.92 Å². The van der Waals surface area contributed by atoms with Crippen LogP contribution in [0, 0.1) is 5.92 Å². The molecule has 2 aliphatic heterocycles. The molecule has 2 saturated carbocycles. The van der Waals surface area contributed by atoms with E-state index in [4.69, 9.17) is 0 Å². The fraction of sp³-hybridized carbons (Fsp3) is 0.867. The molecule has 0 aromatic heterocycles. The van der Waals surface area contributed by atoms with Gasteiger partial charge in [-0.05, 0) is 38.0 Å². The summed E-state index contributed by atoms with van der Waals surface area (Å²) in [5, 5.41) is 0. The van der Waals surface area contributed by atoms with Gasteiger partial charge in [-0.15, -0.1) is 0 Å². The Balaban J connectivity index is 1.60. The standard InChI is InChI=1S/C15H22N2O2/c18-14-13-9-10-5-1-4-8-12(10)17(13)15(19)16(14)11-6-2-3-7-11/h10-13H,1-9H2. The van der Waals surface area contributed by atoms with Crippen molar-refractivity contribution in [3.8, 4) is 0 Å². The van der Waals surface area contributed by atoms with Crippen LogP contribution >= 0.6 is 0 Å². The molecule has 0 bridgehead atoms. The molecule has 2 saturated heterocycles. The van der Waals surface area contributed by atoms with Crippen molar-refractivity contribution in [2.45, 2.75) is 75.9 Å². The van der Waals surface area contributed by atoms with Crippen LogP contribution in [-0.4, -0.2) is 39.9 Å². The summed E-state index contributed by atoms with van der Waals surface area (Å²) >= 11 is 0. The monoisotopic (exact) mass is 262 g/mol. The fourth-order valence-electron chi connectivity index (χ4n) is 4.83. The SMILES string of the molecule is O=C1C2CC3CCCCC3N2C(=O)N1C1CCCC1. The minimum absolute atomic E-state index is 0.0382. The molecule has 4 aliphatic rings. The number of hydrogen-bond acceptors (Lipinski definition) is 2. The molecule has 4 nitrogen and oxygen atoms in total. The first-order chi connectivity index (χ1) is 9.27. The maximum Gasteiger partial charge on any atom is 0.327 e. The van der Waals surface area contributed by atoms with Gasteiger partial charge in [0.05, 0.1) is 0 Å². The summed E-state index contributed by atoms with van der Waals surface area (Å²) in [5.74, 6) is 0.712. The normalized spacial score (nSPS) is 39.1. The van der Waals surface area contributed by atoms with Crippen LogP contribution < -0.4 is 0 Å². The quantitative estimate of drug-likeness (QED) is 0.681. The van der Waals surface area contributed by atoms with Crippen LogP contribution in [0.3, 0.4) is 0 Å². The Hall–Kier alpha value is -1.06. The lowest BCUT2D eigenvalue weighted by atomic mass is 9.84. The molecule has 0 radical (unpaired) electrons. The van der Waals surface area contributed by atoms with E-state index in [-0.39, 0.29) is 24.0 Å². The zero-order valence-corrected chi connectivity index (χ0v) is 11.4. The molecule has 4 rings (SSSR count). The zero-order chi connectivity index (χ0) is 13.0. The molecule has 2 heterocycles. The smallest absolute Gasteiger partial charge is 0.309 e. The molecular formula is C15H22N2O2. The van der Waals surface area contributed by atoms with E-state index in [0.717, 1.165) is 25.7 Å². The lowest BCUT2D eigenvalue weighted by Gasteiger charge is -2.32. The summed E-state index contributed by atoms with van der Waals surface area (Å²) in [6.45, 7) is 0. The van der Waals surface area contributed by atoms with Gasteiger partial charge in [-0.3, -0.25) is 9.69 Å². The predicted molar refractivity (Wildman–Crippen MR) is 70.5 cm³/mol. The number of carbonyl (C=O) groups is 2. The van der Waals surface area contributed by atoms with Gasteiger partial charge in [0.2, 0.25) is 0 Å². The van der Waals surface area contributed by atoms with E-state index in [1.54, 1.807) is 4.90 Å². The van der Waals surface area contributed by atoms with Crippen molar-refractivity contribution in [3.63, 3.8) is 0 Å². The predicted octanol–water partition coefficient (Wildman–Crippen LogP) is 2.52. The summed E-state index contributed by atoms with van der Waals surface area (Å²) in [6.07, 6.45) is 10.1. The third-order valence-electron chi connectivity index (χ3n) is 5.73. The number of amides is 3. The Morgan fingerprint density at radius 1 is 0.895 bits per heavy atom. The average molecular weight is 262 g/mol. The van der Waals surface area contributed by atoms with Crippen molar-refractivity contribution in [1.29, 1.82) is 0 Å². The van der Waals surface area contributed by atoms with Gasteiger partial charge in [0, 0.05) is 12.1 Å². The number of nitrogens with zero attached hydrogens (tertiary/aromatic N) is 2. The zero-order valence-electron chi connectivity index (χ0n) is 11.4. The van der Waals surface area contributed by atoms with E-state index in [2.05, 4.69) is 0 Å². The Bertz CT molecular complexity index is 416. The van der Waals surface area contributed by atoms with Crippen LogP contribution in [0.15, 0.2) is 0 Å². The van der Waals surface area contributed by atoms with Crippen molar-refractivity contribution >= 4 is 11.9 Å². The molecule has 0 N–H and O–H groups in total. The highest BCUT2D eigenvalue weighted by Crippen LogP contribution is 2.44. The number of hydrogen-bond donors (Lipinski definition) is 0. The van der Waals surface area contributed by atoms with Crippen LogP contribution in [-0.2, 0) is 4.79 Å². The first-order valence-electron chi connectivity index (χ1n) is 7.93. The number of imide groups is 1. The third kappa shape index (κ3) is 1.58. The number of urea groups is 1. The van der Waals surface area contributed by atoms with Crippen molar-refractivity contribution in [1.82, 2.24) is 9.80 Å². The van der Waals surface area contributed by atoms with Gasteiger partial charge in [0.25, 0.3) is 5.91 Å². The molecule has 0 aromatic carbocycles. The number of fused-ring (bicyclic) bond motifs is 3. The average Bonchev–Trinajstić information content (AvgIpc) is 3.08. The Kier molecular flexibility index (Phi) is 2.61. The molecule has 4 fully saturated rings. The van der Waals surface area contributed by atoms with Crippen molar-refractivity contribution < 1.29 is 9.59 Å². The Morgan fingerprint density at radius 2 is 1.58 bits per heavy atom. The van der Waals surface area contributed by atoms with Gasteiger partial charge in [-0.25, -0.2) is 4.79 Å². The molecular weight excluding hydrogens is 240 g/mol. The van der Waals surface area contributed by atoms with E-state index < -0.39 is 0 Å². The maximum absolute atomic E-state index is 12.7. The number of rotatable bonds is 1. The third-order valence-corrected chi connectivity index (χ3v) is 5.73. The van der Waals surface area contributed by atoms with E-state index in [1.807, 2.05) is 4.90 Å². The second-order valence-corrected chi connectivity index (χ2v) is 6.70. The van der Waals surface area contributed by atoms with Gasteiger partial charge < -0.3 is 4.90 Å². The van der Waals surface area contributed by atoms with E-state index in [1.165, 1.54) is 32.1 Å². The van der Waals surface area contributed by atoms with Gasteiger partial charge in [-0.2, -0.15) is 0 Å². The molecule has 3 atom stereocenters. The topological polar surface area (TPSA) is 40.6 Å². The van der Waals surface area contributed by atoms with Crippen LogP contribution in [0.2, 0.25) is 0 Å². The molecule has 0 spiro atoms. The fourth-order valence-corrected chi connectivity index (χ4v) is 4.83. The van der Waals surface area contributed by atoms with Gasteiger partial charge in [-0.1, -0.05) is 25.7 Å². The lowest BCUT2D eigenvalue weighted by molar-refractivity contribution is -0.129. The first kappa shape index (κ1) is 11.7. The number of carbonyl (C=O) groups excluding carboxylic acids is 2. The van der Waals surface area contributed by atoms with Crippen molar-refractivity contribution in [2.75, 3.05) is 0 Å². The minimum Gasteiger partial charge on any atom is -0.309 e. The highest BCUT2D eigenvalue weighted by molar-refractivity contribution is 6.05. The molecule has 3 unspecified atom stereocenters. The van der Waals surface area contributed by atoms with Gasteiger partial charge in [0.1, 0.15) is 6.04 Å². The van der Waals surface area contributed by atoms with Crippen LogP contribution in [0.5, 0.6) is 0 Å². The van der Waals surface area contributed by atoms with Crippen molar-refractivity contribution in [3.05, 3.63) is 0 Å². The Morgan fingerprint density at radius 3 is 2.37 bits per heavy atom. The van der Waals surface area contributed by atoms with Crippen LogP contribution in [0.1, 0.15) is 57.8 Å². The molecule has 3 amide bonds. The van der Waals surface area contributed by atoms with E-state index in [9.17, 15) is 9.59 Å². The highest BCUT2D eigenvalue weighted by Gasteiger charge is 2.56. The largest absolute Gasteiger partial charge is 0.327 e.